The molecule has 1 rings (SSSR count). The Morgan fingerprint density at radius 2 is 1.88 bits per heavy atom. The first-order valence-electron chi connectivity index (χ1n) is 7.96. The molecule has 0 aromatic carbocycles. The van der Waals surface area contributed by atoms with Crippen LogP contribution in [0.15, 0.2) is 6.20 Å². The van der Waals surface area contributed by atoms with Gasteiger partial charge < -0.3 is 14.3 Å². The van der Waals surface area contributed by atoms with Crippen LogP contribution in [0.3, 0.4) is 0 Å². The fourth-order valence-corrected chi connectivity index (χ4v) is 2.93. The van der Waals surface area contributed by atoms with Gasteiger partial charge in [-0.3, -0.25) is 4.57 Å². The number of ether oxygens (including phenoxy) is 1. The van der Waals surface area contributed by atoms with Crippen molar-refractivity contribution in [2.45, 2.75) is 65.4 Å². The molecule has 0 unspecified atom stereocenters. The van der Waals surface area contributed by atoms with Gasteiger partial charge in [0.15, 0.2) is 8.32 Å². The summed E-state index contributed by atoms with van der Waals surface area (Å²) in [6.45, 7) is 16.3. The van der Waals surface area contributed by atoms with E-state index >= 15 is 0 Å². The van der Waals surface area contributed by atoms with Crippen LogP contribution in [0.25, 0.3) is 0 Å². The number of hydrogen-bond acceptors (Lipinski definition) is 5. The van der Waals surface area contributed by atoms with Crippen LogP contribution in [0, 0.1) is 4.77 Å². The molecule has 0 spiro atoms. The summed E-state index contributed by atoms with van der Waals surface area (Å²) in [7, 11) is -1.74. The van der Waals surface area contributed by atoms with Gasteiger partial charge in [0, 0.05) is 6.20 Å². The van der Waals surface area contributed by atoms with E-state index in [-0.39, 0.29) is 47.2 Å². The number of rotatable bonds is 7. The van der Waals surface area contributed by atoms with E-state index in [9.17, 15) is 5.11 Å². The number of hydrogen-bond donors (Lipinski definition) is 0. The molecule has 1 heterocycles. The quantitative estimate of drug-likeness (QED) is 0.407. The van der Waals surface area contributed by atoms with Gasteiger partial charge in [-0.2, -0.15) is 0 Å². The SMILES string of the molecule is CC(C)c1cn(COCCO[Si](C)(C)C(C)(C)C)c(=S)nc1[O-].[Li+]. The van der Waals surface area contributed by atoms with Crippen LogP contribution in [0.4, 0.5) is 0 Å². The Kier molecular flexibility index (Phi) is 9.44. The van der Waals surface area contributed by atoms with E-state index < -0.39 is 8.32 Å². The third-order valence-electron chi connectivity index (χ3n) is 4.33. The molecule has 0 radical (unpaired) electrons. The summed E-state index contributed by atoms with van der Waals surface area (Å²) in [6.07, 6.45) is 1.75. The molecular formula is C16H29LiN2O3SSi. The third kappa shape index (κ3) is 6.62. The van der Waals surface area contributed by atoms with E-state index in [1.165, 1.54) is 0 Å². The minimum absolute atomic E-state index is 0. The zero-order valence-electron chi connectivity index (χ0n) is 16.3. The number of nitrogens with zero attached hydrogens (tertiary/aromatic N) is 2. The molecule has 1 aromatic heterocycles. The van der Waals surface area contributed by atoms with Crippen molar-refractivity contribution in [3.05, 3.63) is 16.5 Å². The van der Waals surface area contributed by atoms with Crippen LogP contribution in [0.1, 0.15) is 46.1 Å². The van der Waals surface area contributed by atoms with E-state index in [0.717, 1.165) is 0 Å². The van der Waals surface area contributed by atoms with Gasteiger partial charge in [0.25, 0.3) is 0 Å². The maximum atomic E-state index is 11.8. The second kappa shape index (κ2) is 9.51. The molecule has 0 aliphatic carbocycles. The summed E-state index contributed by atoms with van der Waals surface area (Å²) >= 11 is 5.12. The van der Waals surface area contributed by atoms with Crippen molar-refractivity contribution in [3.8, 4) is 5.88 Å². The Morgan fingerprint density at radius 3 is 2.38 bits per heavy atom. The van der Waals surface area contributed by atoms with E-state index in [4.69, 9.17) is 21.4 Å². The Labute approximate surface area is 164 Å². The van der Waals surface area contributed by atoms with E-state index in [0.29, 0.717) is 18.8 Å². The minimum Gasteiger partial charge on any atom is -0.858 e. The molecular weight excluding hydrogens is 335 g/mol. The van der Waals surface area contributed by atoms with Gasteiger partial charge in [-0.1, -0.05) is 34.6 Å². The van der Waals surface area contributed by atoms with Crippen LogP contribution in [-0.2, 0) is 15.9 Å². The van der Waals surface area contributed by atoms with Crippen LogP contribution in [-0.4, -0.2) is 31.1 Å². The van der Waals surface area contributed by atoms with Gasteiger partial charge in [0.05, 0.1) is 13.2 Å². The Morgan fingerprint density at radius 1 is 1.29 bits per heavy atom. The molecule has 132 valence electrons. The smallest absolute Gasteiger partial charge is 0.858 e. The molecule has 5 nitrogen and oxygen atoms in total. The third-order valence-corrected chi connectivity index (χ3v) is 9.20. The molecule has 0 aliphatic rings. The molecule has 8 heteroatoms. The van der Waals surface area contributed by atoms with Crippen LogP contribution < -0.4 is 24.0 Å². The molecule has 0 N–H and O–H groups in total. The summed E-state index contributed by atoms with van der Waals surface area (Å²) in [4.78, 5) is 3.88. The largest absolute Gasteiger partial charge is 1.00 e. The molecule has 0 saturated carbocycles. The van der Waals surface area contributed by atoms with E-state index in [2.05, 4.69) is 38.8 Å². The Hall–Kier alpha value is -0.166. The van der Waals surface area contributed by atoms with Crippen LogP contribution >= 0.6 is 12.2 Å². The van der Waals surface area contributed by atoms with Crippen molar-refractivity contribution in [2.75, 3.05) is 13.2 Å². The van der Waals surface area contributed by atoms with Gasteiger partial charge in [-0.05, 0) is 47.7 Å². The summed E-state index contributed by atoms with van der Waals surface area (Å²) < 4.78 is 13.6. The summed E-state index contributed by atoms with van der Waals surface area (Å²) in [5.74, 6) is -0.138. The first-order valence-corrected chi connectivity index (χ1v) is 11.3. The maximum absolute atomic E-state index is 11.8. The van der Waals surface area contributed by atoms with Gasteiger partial charge in [-0.15, -0.1) is 0 Å². The topological polar surface area (TPSA) is 59.3 Å². The molecule has 0 saturated heterocycles. The van der Waals surface area contributed by atoms with Crippen molar-refractivity contribution in [2.24, 2.45) is 0 Å². The van der Waals surface area contributed by atoms with Crippen molar-refractivity contribution in [1.29, 1.82) is 0 Å². The fourth-order valence-electron chi connectivity index (χ4n) is 1.72. The fraction of sp³-hybridized carbons (Fsp3) is 0.750. The Bertz CT molecular complexity index is 586. The van der Waals surface area contributed by atoms with E-state index in [1.54, 1.807) is 10.8 Å². The summed E-state index contributed by atoms with van der Waals surface area (Å²) in [5.41, 5.74) is 0.653. The molecule has 0 atom stereocenters. The van der Waals surface area contributed by atoms with Crippen LogP contribution in [0.5, 0.6) is 5.88 Å². The molecule has 0 bridgehead atoms. The minimum atomic E-state index is -1.74. The monoisotopic (exact) mass is 364 g/mol. The molecule has 0 amide bonds. The molecule has 0 aliphatic heterocycles. The first kappa shape index (κ1) is 23.8. The van der Waals surface area contributed by atoms with Crippen LogP contribution in [0.2, 0.25) is 18.1 Å². The van der Waals surface area contributed by atoms with Gasteiger partial charge >= 0.3 is 18.9 Å². The first-order chi connectivity index (χ1) is 10.5. The zero-order chi connectivity index (χ0) is 17.8. The Balaban J connectivity index is 0.00000529. The van der Waals surface area contributed by atoms with Crippen molar-refractivity contribution < 1.29 is 33.1 Å². The molecule has 24 heavy (non-hydrogen) atoms. The maximum Gasteiger partial charge on any atom is 1.00 e. The normalized spacial score (nSPS) is 12.3. The van der Waals surface area contributed by atoms with Crippen molar-refractivity contribution >= 4 is 20.5 Å². The van der Waals surface area contributed by atoms with Crippen molar-refractivity contribution in [3.63, 3.8) is 0 Å². The predicted molar refractivity (Wildman–Crippen MR) is 95.7 cm³/mol. The second-order valence-corrected chi connectivity index (χ2v) is 12.7. The summed E-state index contributed by atoms with van der Waals surface area (Å²) in [5, 5.41) is 12.0. The number of aromatic nitrogens is 2. The molecule has 1 aromatic rings. The zero-order valence-corrected chi connectivity index (χ0v) is 18.1. The second-order valence-electron chi connectivity index (χ2n) is 7.55. The van der Waals surface area contributed by atoms with Crippen molar-refractivity contribution in [1.82, 2.24) is 9.55 Å². The average Bonchev–Trinajstić information content (AvgIpc) is 2.38. The van der Waals surface area contributed by atoms with Gasteiger partial charge in [0.2, 0.25) is 4.77 Å². The van der Waals surface area contributed by atoms with E-state index in [1.807, 2.05) is 13.8 Å². The van der Waals surface area contributed by atoms with Gasteiger partial charge in [-0.25, -0.2) is 4.98 Å². The molecule has 0 fully saturated rings. The summed E-state index contributed by atoms with van der Waals surface area (Å²) in [6, 6.07) is 0. The standard InChI is InChI=1S/C16H30N2O3SSi.Li/c1-12(2)13-10-18(15(22)17-14(13)19)11-20-8-9-21-23(6,7)16(3,4)5;/h10,12H,8-9,11H2,1-7H3,(H,17,19,22);/q;+1/p-1. The predicted octanol–water partition coefficient (Wildman–Crippen LogP) is 0.809. The van der Waals surface area contributed by atoms with Gasteiger partial charge in [0.1, 0.15) is 6.73 Å². The average molecular weight is 365 g/mol.